The highest BCUT2D eigenvalue weighted by molar-refractivity contribution is 4.96. The normalized spacial score (nSPS) is 27.5. The van der Waals surface area contributed by atoms with Gasteiger partial charge in [0.15, 0.2) is 0 Å². The van der Waals surface area contributed by atoms with Crippen LogP contribution in [0.15, 0.2) is 0 Å². The predicted octanol–water partition coefficient (Wildman–Crippen LogP) is 1.67. The van der Waals surface area contributed by atoms with E-state index in [-0.39, 0.29) is 4.92 Å². The van der Waals surface area contributed by atoms with Gasteiger partial charge in [-0.05, 0) is 27.7 Å². The Balaban J connectivity index is 2.91. The first-order valence-corrected chi connectivity index (χ1v) is 4.79. The largest absolute Gasteiger partial charge is 0.313 e. The van der Waals surface area contributed by atoms with E-state index in [4.69, 9.17) is 0 Å². The van der Waals surface area contributed by atoms with Crippen molar-refractivity contribution in [1.82, 2.24) is 5.06 Å². The Morgan fingerprint density at radius 2 is 1.64 bits per heavy atom. The van der Waals surface area contributed by atoms with Crippen molar-refractivity contribution < 1.29 is 10.1 Å². The van der Waals surface area contributed by atoms with Crippen LogP contribution >= 0.6 is 0 Å². The van der Waals surface area contributed by atoms with Crippen LogP contribution in [-0.2, 0) is 0 Å². The van der Waals surface area contributed by atoms with Crippen molar-refractivity contribution in [3.63, 3.8) is 0 Å². The number of rotatable bonds is 1. The molecule has 0 amide bonds. The zero-order chi connectivity index (χ0) is 11.1. The number of piperidine rings is 1. The molecule has 0 aromatic carbocycles. The highest BCUT2D eigenvalue weighted by Gasteiger charge is 2.49. The van der Waals surface area contributed by atoms with E-state index in [0.717, 1.165) is 0 Å². The topological polar surface area (TPSA) is 66.6 Å². The lowest BCUT2D eigenvalue weighted by molar-refractivity contribution is -0.538. The first-order valence-electron chi connectivity index (χ1n) is 4.79. The van der Waals surface area contributed by atoms with Crippen molar-refractivity contribution >= 4 is 0 Å². The number of hydrogen-bond acceptors (Lipinski definition) is 4. The van der Waals surface area contributed by atoms with Gasteiger partial charge in [0, 0.05) is 28.8 Å². The predicted molar refractivity (Wildman–Crippen MR) is 51.8 cm³/mol. The molecule has 5 nitrogen and oxygen atoms in total. The van der Waals surface area contributed by atoms with E-state index in [1.807, 2.05) is 27.7 Å². The van der Waals surface area contributed by atoms with E-state index in [2.05, 4.69) is 0 Å². The van der Waals surface area contributed by atoms with Crippen LogP contribution in [-0.4, -0.2) is 32.3 Å². The van der Waals surface area contributed by atoms with E-state index in [9.17, 15) is 15.3 Å². The summed E-state index contributed by atoms with van der Waals surface area (Å²) in [6.45, 7) is 7.30. The van der Waals surface area contributed by atoms with Crippen LogP contribution in [0, 0.1) is 10.1 Å². The minimum Gasteiger partial charge on any atom is -0.313 e. The zero-order valence-corrected chi connectivity index (χ0v) is 9.15. The first kappa shape index (κ1) is 11.4. The van der Waals surface area contributed by atoms with Crippen LogP contribution in [0.4, 0.5) is 0 Å². The molecule has 0 saturated carbocycles. The number of nitrogens with zero attached hydrogens (tertiary/aromatic N) is 2. The van der Waals surface area contributed by atoms with Crippen molar-refractivity contribution in [2.45, 2.75) is 57.7 Å². The van der Waals surface area contributed by atoms with Crippen molar-refractivity contribution in [2.24, 2.45) is 0 Å². The SMILES string of the molecule is CC1(C)CC([N+](=O)[O-])CC(C)(C)N1O. The maximum Gasteiger partial charge on any atom is 0.216 e. The van der Waals surface area contributed by atoms with Gasteiger partial charge in [-0.3, -0.25) is 10.1 Å². The minimum absolute atomic E-state index is 0.240. The molecule has 0 spiro atoms. The molecule has 1 saturated heterocycles. The molecular weight excluding hydrogens is 184 g/mol. The van der Waals surface area contributed by atoms with Crippen molar-refractivity contribution in [3.05, 3.63) is 10.1 Å². The maximum absolute atomic E-state index is 10.7. The zero-order valence-electron chi connectivity index (χ0n) is 9.15. The second-order valence-corrected chi connectivity index (χ2v) is 5.28. The smallest absolute Gasteiger partial charge is 0.216 e. The quantitative estimate of drug-likeness (QED) is 0.519. The van der Waals surface area contributed by atoms with Crippen LogP contribution < -0.4 is 0 Å². The number of hydrogen-bond donors (Lipinski definition) is 1. The highest BCUT2D eigenvalue weighted by Crippen LogP contribution is 2.37. The molecule has 1 rings (SSSR count). The standard InChI is InChI=1S/C9H18N2O3/c1-8(2)5-7(10(12)13)6-9(3,4)11(8)14/h7,14H,5-6H2,1-4H3. The highest BCUT2D eigenvalue weighted by atomic mass is 16.6. The lowest BCUT2D eigenvalue weighted by Gasteiger charge is -2.48. The number of hydroxylamine groups is 2. The van der Waals surface area contributed by atoms with Crippen LogP contribution in [0.3, 0.4) is 0 Å². The lowest BCUT2D eigenvalue weighted by Crippen LogP contribution is -2.61. The van der Waals surface area contributed by atoms with Crippen molar-refractivity contribution in [1.29, 1.82) is 0 Å². The molecule has 1 N–H and O–H groups in total. The monoisotopic (exact) mass is 202 g/mol. The van der Waals surface area contributed by atoms with Crippen LogP contribution in [0.1, 0.15) is 40.5 Å². The summed E-state index contributed by atoms with van der Waals surface area (Å²) in [5.74, 6) is 0. The van der Waals surface area contributed by atoms with Crippen LogP contribution in [0.5, 0.6) is 0 Å². The molecule has 0 aromatic rings. The molecule has 0 radical (unpaired) electrons. The Labute approximate surface area is 83.8 Å². The third-order valence-corrected chi connectivity index (χ3v) is 2.92. The Morgan fingerprint density at radius 1 is 1.29 bits per heavy atom. The molecule has 0 bridgehead atoms. The summed E-state index contributed by atoms with van der Waals surface area (Å²) in [5.41, 5.74) is -1.06. The summed E-state index contributed by atoms with van der Waals surface area (Å²) >= 11 is 0. The molecule has 14 heavy (non-hydrogen) atoms. The fourth-order valence-electron chi connectivity index (χ4n) is 2.37. The van der Waals surface area contributed by atoms with E-state index < -0.39 is 17.1 Å². The van der Waals surface area contributed by atoms with Gasteiger partial charge in [-0.15, -0.1) is 0 Å². The summed E-state index contributed by atoms with van der Waals surface area (Å²) in [4.78, 5) is 10.5. The van der Waals surface area contributed by atoms with Crippen LogP contribution in [0.2, 0.25) is 0 Å². The maximum atomic E-state index is 10.7. The van der Waals surface area contributed by atoms with Gasteiger partial charge in [0.25, 0.3) is 0 Å². The molecule has 0 aromatic heterocycles. The summed E-state index contributed by atoms with van der Waals surface area (Å²) in [6, 6.07) is -0.552. The van der Waals surface area contributed by atoms with Gasteiger partial charge >= 0.3 is 0 Å². The fourth-order valence-corrected chi connectivity index (χ4v) is 2.37. The van der Waals surface area contributed by atoms with Gasteiger partial charge in [-0.25, -0.2) is 0 Å². The molecule has 1 heterocycles. The van der Waals surface area contributed by atoms with Crippen molar-refractivity contribution in [3.8, 4) is 0 Å². The summed E-state index contributed by atoms with van der Waals surface area (Å²) in [7, 11) is 0. The van der Waals surface area contributed by atoms with Crippen molar-refractivity contribution in [2.75, 3.05) is 0 Å². The second-order valence-electron chi connectivity index (χ2n) is 5.28. The second kappa shape index (κ2) is 3.17. The third-order valence-electron chi connectivity index (χ3n) is 2.92. The Bertz CT molecular complexity index is 232. The first-order chi connectivity index (χ1) is 6.17. The average molecular weight is 202 g/mol. The van der Waals surface area contributed by atoms with E-state index in [1.165, 1.54) is 5.06 Å². The minimum atomic E-state index is -0.552. The molecule has 0 aliphatic carbocycles. The molecule has 1 aliphatic heterocycles. The van der Waals surface area contributed by atoms with Gasteiger partial charge in [-0.2, -0.15) is 5.06 Å². The fraction of sp³-hybridized carbons (Fsp3) is 1.00. The molecule has 0 atom stereocenters. The summed E-state index contributed by atoms with van der Waals surface area (Å²) < 4.78 is 0. The molecular formula is C9H18N2O3. The molecule has 1 aliphatic rings. The van der Waals surface area contributed by atoms with Gasteiger partial charge in [0.05, 0.1) is 0 Å². The van der Waals surface area contributed by atoms with Gasteiger partial charge in [0.1, 0.15) is 0 Å². The van der Waals surface area contributed by atoms with Crippen LogP contribution in [0.25, 0.3) is 0 Å². The lowest BCUT2D eigenvalue weighted by atomic mass is 9.79. The van der Waals surface area contributed by atoms with Gasteiger partial charge in [-0.1, -0.05) is 0 Å². The Morgan fingerprint density at radius 3 is 1.93 bits per heavy atom. The summed E-state index contributed by atoms with van der Waals surface area (Å²) in [6.07, 6.45) is 0.778. The molecule has 0 unspecified atom stereocenters. The van der Waals surface area contributed by atoms with E-state index in [0.29, 0.717) is 12.8 Å². The number of nitro groups is 1. The van der Waals surface area contributed by atoms with E-state index in [1.54, 1.807) is 0 Å². The van der Waals surface area contributed by atoms with Gasteiger partial charge in [0.2, 0.25) is 6.04 Å². The third kappa shape index (κ3) is 1.88. The van der Waals surface area contributed by atoms with Gasteiger partial charge < -0.3 is 5.21 Å². The summed E-state index contributed by atoms with van der Waals surface area (Å²) in [5, 5.41) is 21.9. The van der Waals surface area contributed by atoms with E-state index >= 15 is 0 Å². The average Bonchev–Trinajstić information content (AvgIpc) is 1.98. The molecule has 5 heteroatoms. The molecule has 1 fully saturated rings. The Hall–Kier alpha value is -0.680. The Kier molecular flexibility index (Phi) is 2.58. The molecule has 82 valence electrons.